The van der Waals surface area contributed by atoms with Gasteiger partial charge in [-0.3, -0.25) is 4.90 Å². The molecule has 1 saturated heterocycles. The number of nitrogens with zero attached hydrogens (tertiary/aromatic N) is 2. The lowest BCUT2D eigenvalue weighted by Crippen LogP contribution is -2.45. The summed E-state index contributed by atoms with van der Waals surface area (Å²) in [5.74, 6) is 1.74. The Bertz CT molecular complexity index is 461. The zero-order chi connectivity index (χ0) is 13.4. The van der Waals surface area contributed by atoms with E-state index in [0.717, 1.165) is 23.7 Å². The molecule has 0 spiro atoms. The van der Waals surface area contributed by atoms with Crippen LogP contribution in [0, 0.1) is 0 Å². The number of ether oxygens (including phenoxy) is 2. The lowest BCUT2D eigenvalue weighted by atomic mass is 10.1. The van der Waals surface area contributed by atoms with Crippen molar-refractivity contribution in [2.24, 2.45) is 0 Å². The third-order valence-electron chi connectivity index (χ3n) is 4.13. The van der Waals surface area contributed by atoms with Crippen LogP contribution in [0.5, 0.6) is 11.5 Å². The first-order valence-corrected chi connectivity index (χ1v) is 6.96. The molecule has 0 saturated carbocycles. The van der Waals surface area contributed by atoms with Crippen LogP contribution in [0.1, 0.15) is 12.8 Å². The predicted octanol–water partition coefficient (Wildman–Crippen LogP) is 1.99. The van der Waals surface area contributed by atoms with Gasteiger partial charge in [-0.25, -0.2) is 0 Å². The minimum absolute atomic E-state index is 0.150. The summed E-state index contributed by atoms with van der Waals surface area (Å²) < 4.78 is 12.0. The molecule has 1 fully saturated rings. The molecule has 2 atom stereocenters. The molecule has 0 aromatic heterocycles. The molecule has 1 aromatic rings. The fourth-order valence-electron chi connectivity index (χ4n) is 2.95. The SMILES string of the molecule is CN(C)c1ccc2c(c1)O[C@@H]([C@@H]1CCCN1C)CO2. The number of hydrogen-bond acceptors (Lipinski definition) is 4. The Kier molecular flexibility index (Phi) is 3.27. The largest absolute Gasteiger partial charge is 0.486 e. The topological polar surface area (TPSA) is 24.9 Å². The maximum atomic E-state index is 6.18. The molecule has 4 heteroatoms. The number of benzene rings is 1. The molecule has 2 aliphatic rings. The Hall–Kier alpha value is -1.42. The molecule has 0 bridgehead atoms. The van der Waals surface area contributed by atoms with Gasteiger partial charge in [0.15, 0.2) is 11.5 Å². The van der Waals surface area contributed by atoms with Gasteiger partial charge in [0.25, 0.3) is 0 Å². The molecule has 3 rings (SSSR count). The van der Waals surface area contributed by atoms with Crippen LogP contribution in [0.25, 0.3) is 0 Å². The van der Waals surface area contributed by atoms with Crippen molar-refractivity contribution in [1.29, 1.82) is 0 Å². The zero-order valence-corrected chi connectivity index (χ0v) is 11.9. The van der Waals surface area contributed by atoms with E-state index in [1.54, 1.807) is 0 Å². The summed E-state index contributed by atoms with van der Waals surface area (Å²) >= 11 is 0. The van der Waals surface area contributed by atoms with Gasteiger partial charge in [0.2, 0.25) is 0 Å². The van der Waals surface area contributed by atoms with E-state index in [4.69, 9.17) is 9.47 Å². The van der Waals surface area contributed by atoms with Gasteiger partial charge in [0, 0.05) is 31.9 Å². The summed E-state index contributed by atoms with van der Waals surface area (Å²) in [5.41, 5.74) is 1.14. The third-order valence-corrected chi connectivity index (χ3v) is 4.13. The fourth-order valence-corrected chi connectivity index (χ4v) is 2.95. The molecule has 104 valence electrons. The minimum atomic E-state index is 0.150. The molecule has 1 aromatic carbocycles. The van der Waals surface area contributed by atoms with Gasteiger partial charge >= 0.3 is 0 Å². The van der Waals surface area contributed by atoms with Crippen molar-refractivity contribution in [2.75, 3.05) is 39.2 Å². The lowest BCUT2D eigenvalue weighted by molar-refractivity contribution is 0.0369. The van der Waals surface area contributed by atoms with Gasteiger partial charge in [-0.2, -0.15) is 0 Å². The van der Waals surface area contributed by atoms with Gasteiger partial charge in [0.05, 0.1) is 0 Å². The lowest BCUT2D eigenvalue weighted by Gasteiger charge is -2.33. The molecular weight excluding hydrogens is 240 g/mol. The second kappa shape index (κ2) is 4.93. The van der Waals surface area contributed by atoms with Crippen LogP contribution in [0.3, 0.4) is 0 Å². The number of rotatable bonds is 2. The normalized spacial score (nSPS) is 26.5. The summed E-state index contributed by atoms with van der Waals surface area (Å²) in [6, 6.07) is 6.61. The van der Waals surface area contributed by atoms with Gasteiger partial charge in [-0.1, -0.05) is 0 Å². The third kappa shape index (κ3) is 2.37. The van der Waals surface area contributed by atoms with Gasteiger partial charge in [-0.05, 0) is 38.6 Å². The van der Waals surface area contributed by atoms with Crippen LogP contribution in [-0.4, -0.2) is 51.3 Å². The van der Waals surface area contributed by atoms with E-state index < -0.39 is 0 Å². The van der Waals surface area contributed by atoms with Crippen LogP contribution >= 0.6 is 0 Å². The van der Waals surface area contributed by atoms with E-state index in [0.29, 0.717) is 12.6 Å². The molecule has 0 radical (unpaired) electrons. The molecule has 0 unspecified atom stereocenters. The first-order chi connectivity index (χ1) is 9.15. The smallest absolute Gasteiger partial charge is 0.163 e. The standard InChI is InChI=1S/C15H22N2O2/c1-16(2)11-6-7-13-14(9-11)19-15(10-18-13)12-5-4-8-17(12)3/h6-7,9,12,15H,4-5,8,10H2,1-3H3/t12-,15+/m0/s1. The molecule has 2 heterocycles. The summed E-state index contributed by atoms with van der Waals surface area (Å²) in [7, 11) is 6.24. The van der Waals surface area contributed by atoms with E-state index in [2.05, 4.69) is 29.0 Å². The first-order valence-electron chi connectivity index (χ1n) is 6.96. The molecule has 0 amide bonds. The summed E-state index contributed by atoms with van der Waals surface area (Å²) in [4.78, 5) is 4.46. The van der Waals surface area contributed by atoms with E-state index in [1.165, 1.54) is 12.8 Å². The van der Waals surface area contributed by atoms with E-state index in [9.17, 15) is 0 Å². The molecule has 19 heavy (non-hydrogen) atoms. The highest BCUT2D eigenvalue weighted by Crippen LogP contribution is 2.37. The van der Waals surface area contributed by atoms with Crippen LogP contribution in [0.4, 0.5) is 5.69 Å². The van der Waals surface area contributed by atoms with Gasteiger partial charge in [0.1, 0.15) is 12.7 Å². The minimum Gasteiger partial charge on any atom is -0.486 e. The number of likely N-dealkylation sites (tertiary alicyclic amines) is 1. The van der Waals surface area contributed by atoms with Crippen molar-refractivity contribution in [3.63, 3.8) is 0 Å². The van der Waals surface area contributed by atoms with Crippen molar-refractivity contribution in [3.8, 4) is 11.5 Å². The number of anilines is 1. The second-order valence-corrected chi connectivity index (χ2v) is 5.68. The molecule has 0 aliphatic carbocycles. The number of hydrogen-bond donors (Lipinski definition) is 0. The summed E-state index contributed by atoms with van der Waals surface area (Å²) in [6.45, 7) is 1.82. The van der Waals surface area contributed by atoms with Crippen LogP contribution in [0.2, 0.25) is 0 Å². The molecular formula is C15H22N2O2. The van der Waals surface area contributed by atoms with E-state index in [-0.39, 0.29) is 6.10 Å². The fraction of sp³-hybridized carbons (Fsp3) is 0.600. The zero-order valence-electron chi connectivity index (χ0n) is 11.9. The maximum Gasteiger partial charge on any atom is 0.163 e. The van der Waals surface area contributed by atoms with Crippen LogP contribution in [-0.2, 0) is 0 Å². The monoisotopic (exact) mass is 262 g/mol. The second-order valence-electron chi connectivity index (χ2n) is 5.68. The maximum absolute atomic E-state index is 6.18. The first kappa shape index (κ1) is 12.6. The highest BCUT2D eigenvalue weighted by Gasteiger charge is 2.34. The molecule has 4 nitrogen and oxygen atoms in total. The average Bonchev–Trinajstić information content (AvgIpc) is 2.83. The summed E-state index contributed by atoms with van der Waals surface area (Å²) in [6.07, 6.45) is 2.61. The van der Waals surface area contributed by atoms with Crippen molar-refractivity contribution in [2.45, 2.75) is 25.0 Å². The van der Waals surface area contributed by atoms with Crippen molar-refractivity contribution >= 4 is 5.69 Å². The quantitative estimate of drug-likeness (QED) is 0.814. The molecule has 0 N–H and O–H groups in total. The van der Waals surface area contributed by atoms with Crippen LogP contribution < -0.4 is 14.4 Å². The van der Waals surface area contributed by atoms with Gasteiger partial charge < -0.3 is 14.4 Å². The Morgan fingerprint density at radius 2 is 2.11 bits per heavy atom. The Balaban J connectivity index is 1.80. The van der Waals surface area contributed by atoms with Crippen molar-refractivity contribution in [3.05, 3.63) is 18.2 Å². The van der Waals surface area contributed by atoms with Crippen molar-refractivity contribution in [1.82, 2.24) is 4.90 Å². The average molecular weight is 262 g/mol. The summed E-state index contributed by atoms with van der Waals surface area (Å²) in [5, 5.41) is 0. The van der Waals surface area contributed by atoms with Crippen molar-refractivity contribution < 1.29 is 9.47 Å². The highest BCUT2D eigenvalue weighted by molar-refractivity contribution is 5.56. The van der Waals surface area contributed by atoms with Gasteiger partial charge in [-0.15, -0.1) is 0 Å². The molecule has 2 aliphatic heterocycles. The highest BCUT2D eigenvalue weighted by atomic mass is 16.6. The Morgan fingerprint density at radius 3 is 2.79 bits per heavy atom. The Labute approximate surface area is 114 Å². The number of fused-ring (bicyclic) bond motifs is 1. The predicted molar refractivity (Wildman–Crippen MR) is 76.3 cm³/mol. The van der Waals surface area contributed by atoms with E-state index >= 15 is 0 Å². The van der Waals surface area contributed by atoms with E-state index in [1.807, 2.05) is 20.2 Å². The Morgan fingerprint density at radius 1 is 1.26 bits per heavy atom. The van der Waals surface area contributed by atoms with Crippen LogP contribution in [0.15, 0.2) is 18.2 Å². The number of likely N-dealkylation sites (N-methyl/N-ethyl adjacent to an activating group) is 1.